The van der Waals surface area contributed by atoms with Gasteiger partial charge in [-0.2, -0.15) is 0 Å². The quantitative estimate of drug-likeness (QED) is 0.244. The zero-order chi connectivity index (χ0) is 27.6. The maximum atomic E-state index is 12.4. The number of anilines is 3. The Morgan fingerprint density at radius 2 is 0.816 bits per heavy atom. The highest BCUT2D eigenvalue weighted by Crippen LogP contribution is 2.25. The van der Waals surface area contributed by atoms with Gasteiger partial charge in [0.15, 0.2) is 0 Å². The molecule has 0 bridgehead atoms. The fraction of sp³-hybridized carbons (Fsp3) is 0.276. The van der Waals surface area contributed by atoms with Gasteiger partial charge < -0.3 is 14.2 Å². The second kappa shape index (κ2) is 16.3. The second-order valence-electron chi connectivity index (χ2n) is 8.06. The normalized spacial score (nSPS) is 10.2. The number of carbonyl (C=O) groups is 3. The fourth-order valence-corrected chi connectivity index (χ4v) is 3.11. The number of amides is 3. The first-order chi connectivity index (χ1) is 18.5. The van der Waals surface area contributed by atoms with Crippen molar-refractivity contribution < 1.29 is 28.6 Å². The number of ether oxygens (including phenoxy) is 3. The Morgan fingerprint density at radius 3 is 1.05 bits per heavy atom. The molecule has 202 valence electrons. The maximum Gasteiger partial charge on any atom is 0.411 e. The molecule has 3 aromatic rings. The van der Waals surface area contributed by atoms with Gasteiger partial charge in [0, 0.05) is 17.1 Å². The largest absolute Gasteiger partial charge is 0.448 e. The van der Waals surface area contributed by atoms with Crippen LogP contribution in [-0.4, -0.2) is 38.1 Å². The minimum atomic E-state index is -0.976. The number of carbonyl (C=O) groups excluding carboxylic acids is 3. The van der Waals surface area contributed by atoms with Crippen molar-refractivity contribution in [2.24, 2.45) is 5.41 Å². The van der Waals surface area contributed by atoms with Gasteiger partial charge in [0.2, 0.25) is 0 Å². The van der Waals surface area contributed by atoms with Gasteiger partial charge in [-0.15, -0.1) is 0 Å². The number of rotatable bonds is 10. The Morgan fingerprint density at radius 1 is 0.553 bits per heavy atom. The van der Waals surface area contributed by atoms with Crippen LogP contribution in [0.5, 0.6) is 0 Å². The van der Waals surface area contributed by atoms with Crippen molar-refractivity contribution in [2.75, 3.05) is 35.8 Å². The van der Waals surface area contributed by atoms with Crippen LogP contribution in [0, 0.1) is 5.41 Å². The summed E-state index contributed by atoms with van der Waals surface area (Å²) in [5.74, 6) is 0. The Hall–Kier alpha value is -4.53. The topological polar surface area (TPSA) is 115 Å². The van der Waals surface area contributed by atoms with E-state index in [0.717, 1.165) is 0 Å². The van der Waals surface area contributed by atoms with Crippen LogP contribution in [-0.2, 0) is 14.2 Å². The van der Waals surface area contributed by atoms with E-state index in [2.05, 4.69) is 16.0 Å². The molecule has 0 heterocycles. The van der Waals surface area contributed by atoms with Crippen molar-refractivity contribution >= 4 is 35.3 Å². The Kier molecular flexibility index (Phi) is 12.7. The van der Waals surface area contributed by atoms with Crippen molar-refractivity contribution in [1.82, 2.24) is 0 Å². The number of nitrogens with one attached hydrogen (secondary N) is 3. The first-order valence-electron chi connectivity index (χ1n) is 12.4. The molecular weight excluding hydrogens is 486 g/mol. The molecule has 3 amide bonds. The van der Waals surface area contributed by atoms with Gasteiger partial charge in [-0.05, 0) is 42.8 Å². The van der Waals surface area contributed by atoms with Gasteiger partial charge in [0.1, 0.15) is 19.8 Å². The summed E-state index contributed by atoms with van der Waals surface area (Å²) in [5.41, 5.74) is 0.737. The van der Waals surface area contributed by atoms with Crippen LogP contribution < -0.4 is 16.0 Å². The van der Waals surface area contributed by atoms with Crippen molar-refractivity contribution in [1.29, 1.82) is 0 Å². The SMILES string of the molecule is CC.CCC(COC(=O)Nc1ccccc1)(COC(=O)Nc1ccccc1)COC(=O)Nc1ccccc1. The molecule has 3 rings (SSSR count). The van der Waals surface area contributed by atoms with Crippen LogP contribution >= 0.6 is 0 Å². The van der Waals surface area contributed by atoms with Crippen molar-refractivity contribution in [3.63, 3.8) is 0 Å². The molecular formula is C29H35N3O6. The van der Waals surface area contributed by atoms with Gasteiger partial charge in [-0.25, -0.2) is 14.4 Å². The number of benzene rings is 3. The molecule has 0 aliphatic rings. The van der Waals surface area contributed by atoms with Crippen LogP contribution in [0.25, 0.3) is 0 Å². The third-order valence-electron chi connectivity index (χ3n) is 5.34. The van der Waals surface area contributed by atoms with Gasteiger partial charge in [0.25, 0.3) is 0 Å². The molecule has 0 aliphatic carbocycles. The minimum Gasteiger partial charge on any atom is -0.448 e. The highest BCUT2D eigenvalue weighted by molar-refractivity contribution is 5.85. The fourth-order valence-electron chi connectivity index (χ4n) is 3.11. The average molecular weight is 522 g/mol. The molecule has 0 saturated carbocycles. The molecule has 0 saturated heterocycles. The molecule has 0 aliphatic heterocycles. The molecule has 0 fully saturated rings. The van der Waals surface area contributed by atoms with E-state index in [0.29, 0.717) is 23.5 Å². The molecule has 3 aromatic carbocycles. The van der Waals surface area contributed by atoms with Gasteiger partial charge in [-0.1, -0.05) is 75.4 Å². The summed E-state index contributed by atoms with van der Waals surface area (Å²) in [6.07, 6.45) is -1.65. The van der Waals surface area contributed by atoms with Crippen LogP contribution in [0.2, 0.25) is 0 Å². The molecule has 3 N–H and O–H groups in total. The number of hydrogen-bond donors (Lipinski definition) is 3. The molecule has 9 heteroatoms. The Bertz CT molecular complexity index is 971. The molecule has 0 radical (unpaired) electrons. The summed E-state index contributed by atoms with van der Waals surface area (Å²) < 4.78 is 16.3. The number of para-hydroxylation sites is 3. The lowest BCUT2D eigenvalue weighted by Crippen LogP contribution is -2.40. The van der Waals surface area contributed by atoms with E-state index >= 15 is 0 Å². The Balaban J connectivity index is 0.00000247. The lowest BCUT2D eigenvalue weighted by molar-refractivity contribution is -0.0104. The summed E-state index contributed by atoms with van der Waals surface area (Å²) in [4.78, 5) is 37.1. The van der Waals surface area contributed by atoms with Gasteiger partial charge in [0.05, 0.1) is 5.41 Å². The standard InChI is InChI=1S/C27H29N3O6.C2H6/c1-2-27(18-34-24(31)28-21-12-6-3-7-13-21,19-35-25(32)29-22-14-8-4-9-15-22)20-36-26(33)30-23-16-10-5-11-17-23;1-2/h3-17H,2,18-20H2,1H3,(H,28,31)(H,29,32)(H,30,33);1-2H3. The van der Waals surface area contributed by atoms with Crippen molar-refractivity contribution in [3.8, 4) is 0 Å². The predicted molar refractivity (Wildman–Crippen MR) is 148 cm³/mol. The van der Waals surface area contributed by atoms with E-state index in [1.807, 2.05) is 39.0 Å². The first kappa shape index (κ1) is 29.7. The average Bonchev–Trinajstić information content (AvgIpc) is 2.96. The Labute approximate surface area is 223 Å². The highest BCUT2D eigenvalue weighted by Gasteiger charge is 2.34. The zero-order valence-corrected chi connectivity index (χ0v) is 21.9. The second-order valence-corrected chi connectivity index (χ2v) is 8.06. The summed E-state index contributed by atoms with van der Waals surface area (Å²) in [5, 5.41) is 7.90. The summed E-state index contributed by atoms with van der Waals surface area (Å²) in [7, 11) is 0. The van der Waals surface area contributed by atoms with Gasteiger partial charge in [-0.3, -0.25) is 16.0 Å². The molecule has 9 nitrogen and oxygen atoms in total. The zero-order valence-electron chi connectivity index (χ0n) is 21.9. The van der Waals surface area contributed by atoms with Crippen LogP contribution in [0.15, 0.2) is 91.0 Å². The molecule has 0 spiro atoms. The molecule has 0 aromatic heterocycles. The summed E-state index contributed by atoms with van der Waals surface area (Å²) in [6, 6.07) is 26.5. The monoisotopic (exact) mass is 521 g/mol. The molecule has 0 atom stereocenters. The number of hydrogen-bond acceptors (Lipinski definition) is 6. The van der Waals surface area contributed by atoms with E-state index in [4.69, 9.17) is 14.2 Å². The lowest BCUT2D eigenvalue weighted by Gasteiger charge is -2.31. The van der Waals surface area contributed by atoms with E-state index in [1.165, 1.54) is 0 Å². The van der Waals surface area contributed by atoms with E-state index in [9.17, 15) is 14.4 Å². The third kappa shape index (κ3) is 10.6. The summed E-state index contributed by atoms with van der Waals surface area (Å²) >= 11 is 0. The maximum absolute atomic E-state index is 12.4. The molecule has 38 heavy (non-hydrogen) atoms. The van der Waals surface area contributed by atoms with E-state index in [-0.39, 0.29) is 19.8 Å². The van der Waals surface area contributed by atoms with Crippen LogP contribution in [0.1, 0.15) is 27.2 Å². The lowest BCUT2D eigenvalue weighted by atomic mass is 9.88. The molecule has 0 unspecified atom stereocenters. The van der Waals surface area contributed by atoms with Crippen LogP contribution in [0.3, 0.4) is 0 Å². The summed E-state index contributed by atoms with van der Waals surface area (Å²) in [6.45, 7) is 5.37. The van der Waals surface area contributed by atoms with E-state index < -0.39 is 23.7 Å². The highest BCUT2D eigenvalue weighted by atomic mass is 16.6. The van der Waals surface area contributed by atoms with E-state index in [1.54, 1.807) is 72.8 Å². The first-order valence-corrected chi connectivity index (χ1v) is 12.4. The minimum absolute atomic E-state index is 0.153. The van der Waals surface area contributed by atoms with Crippen LogP contribution in [0.4, 0.5) is 31.4 Å². The van der Waals surface area contributed by atoms with Crippen molar-refractivity contribution in [2.45, 2.75) is 27.2 Å². The van der Waals surface area contributed by atoms with Gasteiger partial charge >= 0.3 is 18.3 Å². The third-order valence-corrected chi connectivity index (χ3v) is 5.34. The predicted octanol–water partition coefficient (Wildman–Crippen LogP) is 7.16. The smallest absolute Gasteiger partial charge is 0.411 e. The van der Waals surface area contributed by atoms with Crippen molar-refractivity contribution in [3.05, 3.63) is 91.0 Å².